The van der Waals surface area contributed by atoms with Gasteiger partial charge in [0.2, 0.25) is 5.91 Å². The first-order valence-corrected chi connectivity index (χ1v) is 5.96. The van der Waals surface area contributed by atoms with Crippen LogP contribution in [0.4, 0.5) is 0 Å². The predicted molar refractivity (Wildman–Crippen MR) is 66.3 cm³/mol. The van der Waals surface area contributed by atoms with E-state index in [1.807, 2.05) is 0 Å². The van der Waals surface area contributed by atoms with Crippen LogP contribution in [-0.4, -0.2) is 43.9 Å². The van der Waals surface area contributed by atoms with Crippen LogP contribution >= 0.6 is 12.2 Å². The van der Waals surface area contributed by atoms with Crippen LogP contribution in [0.1, 0.15) is 19.3 Å². The third kappa shape index (κ3) is 4.76. The molecule has 1 fully saturated rings. The highest BCUT2D eigenvalue weighted by Crippen LogP contribution is 2.02. The Morgan fingerprint density at radius 2 is 2.50 bits per heavy atom. The van der Waals surface area contributed by atoms with E-state index in [9.17, 15) is 4.79 Å². The number of nitrogens with one attached hydrogen (secondary N) is 3. The van der Waals surface area contributed by atoms with Gasteiger partial charge in [0.1, 0.15) is 6.04 Å². The van der Waals surface area contributed by atoms with Gasteiger partial charge in [-0.25, -0.2) is 0 Å². The predicted octanol–water partition coefficient (Wildman–Crippen LogP) is -0.234. The molecule has 0 aromatic carbocycles. The van der Waals surface area contributed by atoms with E-state index in [1.165, 1.54) is 0 Å². The summed E-state index contributed by atoms with van der Waals surface area (Å²) in [4.78, 5) is 11.4. The Balaban J connectivity index is 2.15. The topological polar surface area (TPSA) is 62.4 Å². The number of ether oxygens (including phenoxy) is 1. The highest BCUT2D eigenvalue weighted by molar-refractivity contribution is 7.80. The molecule has 5 nitrogen and oxygen atoms in total. The van der Waals surface area contributed by atoms with Crippen LogP contribution < -0.4 is 16.0 Å². The molecule has 16 heavy (non-hydrogen) atoms. The van der Waals surface area contributed by atoms with E-state index >= 15 is 0 Å². The molecule has 1 atom stereocenters. The zero-order valence-electron chi connectivity index (χ0n) is 9.54. The summed E-state index contributed by atoms with van der Waals surface area (Å²) in [7, 11) is 1.67. The molecule has 6 heteroatoms. The number of carbonyl (C=O) groups is 1. The standard InChI is InChI=1S/C10H19N3O2S/c1-15-7-3-6-12-10(16)13-8-4-2-5-11-9(8)14/h8H,2-7H2,1H3,(H,11,14)(H2,12,13,16). The van der Waals surface area contributed by atoms with Gasteiger partial charge >= 0.3 is 0 Å². The smallest absolute Gasteiger partial charge is 0.242 e. The van der Waals surface area contributed by atoms with Crippen molar-refractivity contribution in [3.63, 3.8) is 0 Å². The van der Waals surface area contributed by atoms with Crippen molar-refractivity contribution < 1.29 is 9.53 Å². The molecule has 3 N–H and O–H groups in total. The van der Waals surface area contributed by atoms with Gasteiger partial charge < -0.3 is 20.7 Å². The molecule has 1 saturated heterocycles. The third-order valence-electron chi connectivity index (χ3n) is 2.40. The quantitative estimate of drug-likeness (QED) is 0.461. The van der Waals surface area contributed by atoms with Gasteiger partial charge in [0.05, 0.1) is 0 Å². The van der Waals surface area contributed by atoms with Crippen LogP contribution in [0, 0.1) is 0 Å². The van der Waals surface area contributed by atoms with Crippen LogP contribution in [0.2, 0.25) is 0 Å². The SMILES string of the molecule is COCCCNC(=S)NC1CCCNC1=O. The summed E-state index contributed by atoms with van der Waals surface area (Å²) in [5.41, 5.74) is 0. The maximum atomic E-state index is 11.4. The monoisotopic (exact) mass is 245 g/mol. The van der Waals surface area contributed by atoms with Crippen molar-refractivity contribution in [2.45, 2.75) is 25.3 Å². The molecule has 1 aliphatic rings. The van der Waals surface area contributed by atoms with Gasteiger partial charge in [0.15, 0.2) is 5.11 Å². The van der Waals surface area contributed by atoms with Crippen LogP contribution in [-0.2, 0) is 9.53 Å². The number of hydrogen-bond donors (Lipinski definition) is 3. The van der Waals surface area contributed by atoms with Crippen molar-refractivity contribution in [3.05, 3.63) is 0 Å². The lowest BCUT2D eigenvalue weighted by Crippen LogP contribution is -2.52. The number of carbonyl (C=O) groups excluding carboxylic acids is 1. The number of thiocarbonyl (C=S) groups is 1. The maximum absolute atomic E-state index is 11.4. The minimum atomic E-state index is -0.184. The molecular formula is C10H19N3O2S. The molecule has 0 aromatic rings. The lowest BCUT2D eigenvalue weighted by atomic mass is 10.1. The zero-order valence-corrected chi connectivity index (χ0v) is 10.4. The van der Waals surface area contributed by atoms with Crippen molar-refractivity contribution in [2.75, 3.05) is 26.8 Å². The molecule has 0 aromatic heterocycles. The number of methoxy groups -OCH3 is 1. The largest absolute Gasteiger partial charge is 0.385 e. The van der Waals surface area contributed by atoms with Crippen molar-refractivity contribution in [2.24, 2.45) is 0 Å². The first kappa shape index (κ1) is 13.2. The normalized spacial score (nSPS) is 20.1. The molecule has 0 bridgehead atoms. The first-order valence-electron chi connectivity index (χ1n) is 5.55. The lowest BCUT2D eigenvalue weighted by Gasteiger charge is -2.24. The Hall–Kier alpha value is -0.880. The summed E-state index contributed by atoms with van der Waals surface area (Å²) in [6, 6.07) is -0.184. The summed E-state index contributed by atoms with van der Waals surface area (Å²) < 4.78 is 4.92. The molecule has 0 aliphatic carbocycles. The van der Waals surface area contributed by atoms with E-state index < -0.39 is 0 Å². The molecule has 1 rings (SSSR count). The fourth-order valence-electron chi connectivity index (χ4n) is 1.54. The number of rotatable bonds is 5. The second-order valence-corrected chi connectivity index (χ2v) is 4.14. The Morgan fingerprint density at radius 3 is 3.19 bits per heavy atom. The molecule has 1 unspecified atom stereocenters. The number of amides is 1. The average Bonchev–Trinajstić information content (AvgIpc) is 2.28. The Morgan fingerprint density at radius 1 is 1.69 bits per heavy atom. The van der Waals surface area contributed by atoms with Crippen LogP contribution in [0.5, 0.6) is 0 Å². The minimum Gasteiger partial charge on any atom is -0.385 e. The van der Waals surface area contributed by atoms with Gasteiger partial charge in [-0.3, -0.25) is 4.79 Å². The van der Waals surface area contributed by atoms with Crippen LogP contribution in [0.3, 0.4) is 0 Å². The number of hydrogen-bond acceptors (Lipinski definition) is 3. The van der Waals surface area contributed by atoms with Gasteiger partial charge in [0.25, 0.3) is 0 Å². The highest BCUT2D eigenvalue weighted by atomic mass is 32.1. The van der Waals surface area contributed by atoms with E-state index in [-0.39, 0.29) is 11.9 Å². The van der Waals surface area contributed by atoms with Gasteiger partial charge in [-0.2, -0.15) is 0 Å². The van der Waals surface area contributed by atoms with Crippen LogP contribution in [0.15, 0.2) is 0 Å². The fourth-order valence-corrected chi connectivity index (χ4v) is 1.78. The summed E-state index contributed by atoms with van der Waals surface area (Å²) in [5.74, 6) is 0.0345. The Kier molecular flexibility index (Phi) is 6.10. The fraction of sp³-hybridized carbons (Fsp3) is 0.800. The Bertz CT molecular complexity index is 248. The summed E-state index contributed by atoms with van der Waals surface area (Å²) in [6.45, 7) is 2.23. The van der Waals surface area contributed by atoms with Crippen molar-refractivity contribution >= 4 is 23.2 Å². The molecule has 0 radical (unpaired) electrons. The molecular weight excluding hydrogens is 226 g/mol. The van der Waals surface area contributed by atoms with E-state index in [0.717, 1.165) is 32.4 Å². The van der Waals surface area contributed by atoms with E-state index in [0.29, 0.717) is 11.7 Å². The molecule has 92 valence electrons. The van der Waals surface area contributed by atoms with Gasteiger partial charge in [-0.15, -0.1) is 0 Å². The van der Waals surface area contributed by atoms with Crippen molar-refractivity contribution in [1.82, 2.24) is 16.0 Å². The third-order valence-corrected chi connectivity index (χ3v) is 2.66. The molecule has 0 saturated carbocycles. The van der Waals surface area contributed by atoms with Gasteiger partial charge in [0, 0.05) is 26.8 Å². The van der Waals surface area contributed by atoms with Crippen LogP contribution in [0.25, 0.3) is 0 Å². The first-order chi connectivity index (χ1) is 7.74. The lowest BCUT2D eigenvalue weighted by molar-refractivity contribution is -0.124. The number of piperidine rings is 1. The van der Waals surface area contributed by atoms with E-state index in [1.54, 1.807) is 7.11 Å². The summed E-state index contributed by atoms with van der Waals surface area (Å²) >= 11 is 5.09. The maximum Gasteiger partial charge on any atom is 0.242 e. The van der Waals surface area contributed by atoms with E-state index in [4.69, 9.17) is 17.0 Å². The Labute approximate surface area is 101 Å². The second-order valence-electron chi connectivity index (χ2n) is 3.73. The van der Waals surface area contributed by atoms with E-state index in [2.05, 4.69) is 16.0 Å². The zero-order chi connectivity index (χ0) is 11.8. The summed E-state index contributed by atoms with van der Waals surface area (Å²) in [6.07, 6.45) is 2.73. The van der Waals surface area contributed by atoms with Crippen molar-refractivity contribution in [1.29, 1.82) is 0 Å². The molecule has 0 spiro atoms. The van der Waals surface area contributed by atoms with Gasteiger partial charge in [-0.05, 0) is 31.5 Å². The summed E-state index contributed by atoms with van der Waals surface area (Å²) in [5, 5.41) is 9.40. The van der Waals surface area contributed by atoms with Gasteiger partial charge in [-0.1, -0.05) is 0 Å². The molecule has 1 aliphatic heterocycles. The molecule has 1 amide bonds. The van der Waals surface area contributed by atoms with Crippen molar-refractivity contribution in [3.8, 4) is 0 Å². The minimum absolute atomic E-state index is 0.0345. The average molecular weight is 245 g/mol. The molecule has 1 heterocycles. The second kappa shape index (κ2) is 7.40. The highest BCUT2D eigenvalue weighted by Gasteiger charge is 2.21.